The number of hydrogen-bond acceptors (Lipinski definition) is 2. The molecule has 2 nitrogen and oxygen atoms in total. The van der Waals surface area contributed by atoms with Gasteiger partial charge in [-0.2, -0.15) is 0 Å². The molecular weight excluding hydrogens is 272 g/mol. The first-order chi connectivity index (χ1) is 10.6. The van der Waals surface area contributed by atoms with Gasteiger partial charge in [-0.1, -0.05) is 31.2 Å². The Hall–Kier alpha value is -1.44. The predicted octanol–water partition coefficient (Wildman–Crippen LogP) is 4.29. The van der Waals surface area contributed by atoms with E-state index in [0.717, 1.165) is 31.6 Å². The number of carbonyl (C=O) groups excluding carboxylic acids is 2. The highest BCUT2D eigenvalue weighted by atomic mass is 16.1. The third-order valence-electron chi connectivity index (χ3n) is 7.52. The van der Waals surface area contributed by atoms with Crippen molar-refractivity contribution in [2.24, 2.45) is 28.6 Å². The van der Waals surface area contributed by atoms with Gasteiger partial charge in [0.15, 0.2) is 11.6 Å². The van der Waals surface area contributed by atoms with E-state index in [4.69, 9.17) is 0 Å². The fourth-order valence-electron chi connectivity index (χ4n) is 5.60. The minimum Gasteiger partial charge on any atom is -0.294 e. The molecule has 0 spiro atoms. The molecular formula is C20H22O2. The standard InChI is InChI=1S/C20H22O2/c1-19(20-10-12(20)11-20)8-6-15-16(7-9-19)18(22)14-5-3-2-4-13(14)17(15)21/h2-5,12,15-16H,6-11H2,1H3. The molecule has 2 atom stereocenters. The maximum absolute atomic E-state index is 12.9. The molecule has 3 fully saturated rings. The van der Waals surface area contributed by atoms with Gasteiger partial charge in [-0.25, -0.2) is 0 Å². The van der Waals surface area contributed by atoms with Crippen LogP contribution in [-0.2, 0) is 0 Å². The van der Waals surface area contributed by atoms with Crippen LogP contribution in [0.5, 0.6) is 0 Å². The molecule has 0 heterocycles. The average Bonchev–Trinajstić information content (AvgIpc) is 3.37. The van der Waals surface area contributed by atoms with Crippen LogP contribution in [0.2, 0.25) is 0 Å². The Kier molecular flexibility index (Phi) is 2.31. The van der Waals surface area contributed by atoms with E-state index in [9.17, 15) is 9.59 Å². The molecule has 1 aromatic rings. The van der Waals surface area contributed by atoms with Crippen molar-refractivity contribution < 1.29 is 9.59 Å². The summed E-state index contributed by atoms with van der Waals surface area (Å²) in [5.41, 5.74) is 2.33. The summed E-state index contributed by atoms with van der Waals surface area (Å²) in [4.78, 5) is 25.8. The molecule has 2 unspecified atom stereocenters. The van der Waals surface area contributed by atoms with Gasteiger partial charge in [0.25, 0.3) is 0 Å². The van der Waals surface area contributed by atoms with Crippen LogP contribution in [0.3, 0.4) is 0 Å². The van der Waals surface area contributed by atoms with E-state index in [1.54, 1.807) is 0 Å². The van der Waals surface area contributed by atoms with Crippen molar-refractivity contribution in [1.29, 1.82) is 0 Å². The van der Waals surface area contributed by atoms with Crippen molar-refractivity contribution >= 4 is 11.6 Å². The Morgan fingerprint density at radius 1 is 0.909 bits per heavy atom. The molecule has 0 aliphatic heterocycles. The van der Waals surface area contributed by atoms with Gasteiger partial charge in [-0.3, -0.25) is 9.59 Å². The highest BCUT2D eigenvalue weighted by molar-refractivity contribution is 6.15. The van der Waals surface area contributed by atoms with Gasteiger partial charge < -0.3 is 0 Å². The summed E-state index contributed by atoms with van der Waals surface area (Å²) in [7, 11) is 0. The summed E-state index contributed by atoms with van der Waals surface area (Å²) in [6.07, 6.45) is 6.89. The molecule has 4 aliphatic carbocycles. The van der Waals surface area contributed by atoms with Gasteiger partial charge in [-0.15, -0.1) is 0 Å². The van der Waals surface area contributed by atoms with Gasteiger partial charge in [0.1, 0.15) is 0 Å². The van der Waals surface area contributed by atoms with E-state index in [0.29, 0.717) is 22.0 Å². The molecule has 3 saturated carbocycles. The number of rotatable bonds is 1. The van der Waals surface area contributed by atoms with E-state index < -0.39 is 0 Å². The maximum atomic E-state index is 12.9. The number of carbonyl (C=O) groups is 2. The molecule has 2 heteroatoms. The molecule has 4 aliphatic rings. The molecule has 0 bridgehead atoms. The maximum Gasteiger partial charge on any atom is 0.167 e. The second-order valence-electron chi connectivity index (χ2n) is 8.39. The number of ketones is 2. The smallest absolute Gasteiger partial charge is 0.167 e. The first kappa shape index (κ1) is 13.0. The Morgan fingerprint density at radius 3 is 1.77 bits per heavy atom. The lowest BCUT2D eigenvalue weighted by molar-refractivity contribution is 0.0724. The molecule has 114 valence electrons. The zero-order valence-electron chi connectivity index (χ0n) is 13.1. The predicted molar refractivity (Wildman–Crippen MR) is 83.8 cm³/mol. The van der Waals surface area contributed by atoms with Crippen LogP contribution in [0.1, 0.15) is 66.2 Å². The zero-order valence-corrected chi connectivity index (χ0v) is 13.1. The van der Waals surface area contributed by atoms with E-state index in [2.05, 4.69) is 6.92 Å². The van der Waals surface area contributed by atoms with Crippen LogP contribution in [0, 0.1) is 28.6 Å². The highest BCUT2D eigenvalue weighted by Gasteiger charge is 2.76. The Labute approximate surface area is 131 Å². The van der Waals surface area contributed by atoms with E-state index in [1.807, 2.05) is 24.3 Å². The van der Waals surface area contributed by atoms with Crippen LogP contribution in [-0.4, -0.2) is 11.6 Å². The normalized spacial score (nSPS) is 45.4. The van der Waals surface area contributed by atoms with Gasteiger partial charge in [-0.05, 0) is 55.3 Å². The average molecular weight is 294 g/mol. The fourth-order valence-corrected chi connectivity index (χ4v) is 5.60. The van der Waals surface area contributed by atoms with Crippen LogP contribution >= 0.6 is 0 Å². The van der Waals surface area contributed by atoms with Crippen molar-refractivity contribution in [3.05, 3.63) is 35.4 Å². The summed E-state index contributed by atoms with van der Waals surface area (Å²) >= 11 is 0. The van der Waals surface area contributed by atoms with E-state index in [-0.39, 0.29) is 23.4 Å². The lowest BCUT2D eigenvalue weighted by Gasteiger charge is -2.32. The van der Waals surface area contributed by atoms with Gasteiger partial charge in [0, 0.05) is 23.0 Å². The first-order valence-electron chi connectivity index (χ1n) is 8.73. The minimum absolute atomic E-state index is 0.0587. The molecule has 5 rings (SSSR count). The highest BCUT2D eigenvalue weighted by Crippen LogP contribution is 2.84. The summed E-state index contributed by atoms with van der Waals surface area (Å²) in [6.45, 7) is 2.43. The largest absolute Gasteiger partial charge is 0.294 e. The zero-order chi connectivity index (χ0) is 15.1. The van der Waals surface area contributed by atoms with E-state index in [1.165, 1.54) is 12.8 Å². The summed E-state index contributed by atoms with van der Waals surface area (Å²) in [6, 6.07) is 7.44. The fraction of sp³-hybridized carbons (Fsp3) is 0.600. The van der Waals surface area contributed by atoms with Crippen molar-refractivity contribution in [3.8, 4) is 0 Å². The van der Waals surface area contributed by atoms with E-state index >= 15 is 0 Å². The third kappa shape index (κ3) is 1.46. The minimum atomic E-state index is -0.0587. The molecule has 0 aromatic heterocycles. The number of fused-ring (bicyclic) bond motifs is 3. The quantitative estimate of drug-likeness (QED) is 0.774. The van der Waals surface area contributed by atoms with Gasteiger partial charge in [0.2, 0.25) is 0 Å². The third-order valence-corrected chi connectivity index (χ3v) is 7.52. The van der Waals surface area contributed by atoms with Crippen molar-refractivity contribution in [3.63, 3.8) is 0 Å². The van der Waals surface area contributed by atoms with Crippen molar-refractivity contribution in [1.82, 2.24) is 0 Å². The summed E-state index contributed by atoms with van der Waals surface area (Å²) in [5.74, 6) is 1.31. The van der Waals surface area contributed by atoms with Crippen LogP contribution < -0.4 is 0 Å². The van der Waals surface area contributed by atoms with Crippen LogP contribution in [0.25, 0.3) is 0 Å². The molecule has 0 radical (unpaired) electrons. The lowest BCUT2D eigenvalue weighted by Crippen LogP contribution is -2.35. The van der Waals surface area contributed by atoms with Gasteiger partial charge >= 0.3 is 0 Å². The Morgan fingerprint density at radius 2 is 1.36 bits per heavy atom. The SMILES string of the molecule is CC1(C23CC2C3)CCC2C(=O)c3ccccc3C(=O)C2CC1. The summed E-state index contributed by atoms with van der Waals surface area (Å²) in [5, 5.41) is 0. The topological polar surface area (TPSA) is 34.1 Å². The van der Waals surface area contributed by atoms with Crippen molar-refractivity contribution in [2.75, 3.05) is 0 Å². The lowest BCUT2D eigenvalue weighted by atomic mass is 9.72. The molecule has 1 aromatic carbocycles. The number of Topliss-reactive ketones (excluding diaryl/α,β-unsaturated/α-hetero) is 2. The molecule has 0 saturated heterocycles. The van der Waals surface area contributed by atoms with Crippen LogP contribution in [0.4, 0.5) is 0 Å². The molecule has 0 N–H and O–H groups in total. The Balaban J connectivity index is 1.51. The molecule has 22 heavy (non-hydrogen) atoms. The summed E-state index contributed by atoms with van der Waals surface area (Å²) < 4.78 is 0. The monoisotopic (exact) mass is 294 g/mol. The van der Waals surface area contributed by atoms with Gasteiger partial charge in [0.05, 0.1) is 0 Å². The first-order valence-corrected chi connectivity index (χ1v) is 8.73. The second-order valence-corrected chi connectivity index (χ2v) is 8.39. The molecule has 0 amide bonds. The second kappa shape index (κ2) is 3.90. The number of hydrogen-bond donors (Lipinski definition) is 0. The number of benzene rings is 1. The van der Waals surface area contributed by atoms with Crippen molar-refractivity contribution in [2.45, 2.75) is 45.4 Å². The van der Waals surface area contributed by atoms with Crippen LogP contribution in [0.15, 0.2) is 24.3 Å². The Bertz CT molecular complexity index is 650.